The Morgan fingerprint density at radius 1 is 1.10 bits per heavy atom. The van der Waals surface area contributed by atoms with Crippen molar-refractivity contribution < 1.29 is 31.5 Å². The fraction of sp³-hybridized carbons (Fsp3) is 0. The molecule has 10 heavy (non-hydrogen) atoms. The summed E-state index contributed by atoms with van der Waals surface area (Å²) in [6.45, 7) is 0. The first-order chi connectivity index (χ1) is 3.73. The molecule has 0 saturated carbocycles. The van der Waals surface area contributed by atoms with E-state index in [4.69, 9.17) is 31.5 Å². The molecule has 0 atom stereocenters. The quantitative estimate of drug-likeness (QED) is 0.226. The molecule has 0 aliphatic heterocycles. The SMILES string of the molecule is O=P(O)(O)O.O=[Se](O)O.[NaH]. The monoisotopic (exact) mass is 252 g/mol. The predicted molar refractivity (Wildman–Crippen MR) is 32.3 cm³/mol. The van der Waals surface area contributed by atoms with Crippen molar-refractivity contribution in [3.8, 4) is 0 Å². The molecule has 0 fully saturated rings. The average molecular weight is 251 g/mol. The Morgan fingerprint density at radius 3 is 1.10 bits per heavy atom. The van der Waals surface area contributed by atoms with Crippen molar-refractivity contribution in [1.82, 2.24) is 0 Å². The van der Waals surface area contributed by atoms with Crippen molar-refractivity contribution >= 4 is 51.9 Å². The van der Waals surface area contributed by atoms with E-state index in [9.17, 15) is 0 Å². The second-order valence-electron chi connectivity index (χ2n) is 0.744. The number of hydrogen-bond donors (Lipinski definition) is 5. The van der Waals surface area contributed by atoms with Gasteiger partial charge in [0.15, 0.2) is 0 Å². The fourth-order valence-corrected chi connectivity index (χ4v) is 0. The molecule has 10 heteroatoms. The summed E-state index contributed by atoms with van der Waals surface area (Å²) in [7, 11) is -4.64. The van der Waals surface area contributed by atoms with Crippen molar-refractivity contribution in [2.24, 2.45) is 0 Å². The van der Waals surface area contributed by atoms with Crippen molar-refractivity contribution in [3.05, 3.63) is 0 Å². The summed E-state index contributed by atoms with van der Waals surface area (Å²) in [6.07, 6.45) is 0. The molecule has 0 aliphatic carbocycles. The van der Waals surface area contributed by atoms with E-state index in [2.05, 4.69) is 0 Å². The van der Waals surface area contributed by atoms with Gasteiger partial charge >= 0.3 is 64.1 Å². The molecule has 0 amide bonds. The van der Waals surface area contributed by atoms with Gasteiger partial charge in [-0.3, -0.25) is 0 Å². The molecule has 0 aromatic heterocycles. The van der Waals surface area contributed by atoms with E-state index >= 15 is 0 Å². The Labute approximate surface area is 83.0 Å². The molecule has 0 bridgehead atoms. The van der Waals surface area contributed by atoms with Gasteiger partial charge in [-0.1, -0.05) is 0 Å². The van der Waals surface area contributed by atoms with Gasteiger partial charge in [0.1, 0.15) is 0 Å². The van der Waals surface area contributed by atoms with Gasteiger partial charge in [0.25, 0.3) is 0 Å². The zero-order valence-electron chi connectivity index (χ0n) is 3.91. The van der Waals surface area contributed by atoms with Crippen LogP contribution < -0.4 is 0 Å². The van der Waals surface area contributed by atoms with E-state index in [1.807, 2.05) is 0 Å². The van der Waals surface area contributed by atoms with Crippen LogP contribution in [0.2, 0.25) is 0 Å². The van der Waals surface area contributed by atoms with Gasteiger partial charge in [0.05, 0.1) is 0 Å². The van der Waals surface area contributed by atoms with Crippen LogP contribution in [0.4, 0.5) is 0 Å². The van der Waals surface area contributed by atoms with E-state index in [1.165, 1.54) is 0 Å². The maximum atomic E-state index is 8.88. The van der Waals surface area contributed by atoms with E-state index in [-0.39, 0.29) is 29.6 Å². The Morgan fingerprint density at radius 2 is 1.10 bits per heavy atom. The van der Waals surface area contributed by atoms with E-state index in [0.717, 1.165) is 0 Å². The van der Waals surface area contributed by atoms with Gasteiger partial charge in [0, 0.05) is 0 Å². The Hall–Kier alpha value is 1.35. The normalized spacial score (nSPS) is 9.40. The second-order valence-corrected chi connectivity index (χ2v) is 2.74. The third-order valence-corrected chi connectivity index (χ3v) is 0. The molecular weight excluding hydrogens is 245 g/mol. The van der Waals surface area contributed by atoms with Gasteiger partial charge < -0.3 is 14.7 Å². The van der Waals surface area contributed by atoms with Crippen LogP contribution in [0.1, 0.15) is 0 Å². The average Bonchev–Trinajstić information content (AvgIpc) is 1.19. The van der Waals surface area contributed by atoms with Crippen LogP contribution in [0.5, 0.6) is 0 Å². The molecule has 5 N–H and O–H groups in total. The first-order valence-electron chi connectivity index (χ1n) is 1.31. The van der Waals surface area contributed by atoms with Crippen LogP contribution in [-0.4, -0.2) is 67.1 Å². The summed E-state index contributed by atoms with van der Waals surface area (Å²) < 4.78 is 32.0. The molecule has 0 saturated heterocycles. The Kier molecular flexibility index (Phi) is 14.7. The number of rotatable bonds is 0. The summed E-state index contributed by atoms with van der Waals surface area (Å²) in [4.78, 5) is 21.6. The molecular formula is H6NaO7PSe. The van der Waals surface area contributed by atoms with Gasteiger partial charge in [-0.25, -0.2) is 4.57 Å². The Bertz CT molecular complexity index is 113. The molecule has 60 valence electrons. The molecule has 0 radical (unpaired) electrons. The molecule has 7 nitrogen and oxygen atoms in total. The van der Waals surface area contributed by atoms with Crippen LogP contribution in [0.25, 0.3) is 0 Å². The summed E-state index contributed by atoms with van der Waals surface area (Å²) in [5.41, 5.74) is 0. The van der Waals surface area contributed by atoms with Crippen molar-refractivity contribution in [2.45, 2.75) is 0 Å². The topological polar surface area (TPSA) is 135 Å². The molecule has 0 rings (SSSR count). The Balaban J connectivity index is -0.0000000910. The zero-order chi connectivity index (χ0) is 8.08. The summed E-state index contributed by atoms with van der Waals surface area (Å²) in [6, 6.07) is 0. The van der Waals surface area contributed by atoms with E-state index < -0.39 is 22.3 Å². The standard InChI is InChI=1S/Na.H3O4P.H2O3Se.H/c;1-5(2,3)4;1-4(2)3;/h;(H3,1,2,3,4);(H2,1,2,3);. The first-order valence-corrected chi connectivity index (χ1v) is 5.11. The van der Waals surface area contributed by atoms with E-state index in [1.54, 1.807) is 0 Å². The molecule has 0 aromatic carbocycles. The van der Waals surface area contributed by atoms with Gasteiger partial charge in [-0.05, 0) is 0 Å². The first kappa shape index (κ1) is 17.4. The second kappa shape index (κ2) is 8.45. The molecule has 0 spiro atoms. The number of hydrogen-bond acceptors (Lipinski definition) is 2. The molecule has 0 unspecified atom stereocenters. The van der Waals surface area contributed by atoms with Gasteiger partial charge in [-0.15, -0.1) is 0 Å². The minimum atomic E-state index is -4.64. The van der Waals surface area contributed by atoms with Crippen LogP contribution >= 0.6 is 7.82 Å². The molecule has 0 heterocycles. The van der Waals surface area contributed by atoms with Gasteiger partial charge in [-0.2, -0.15) is 0 Å². The van der Waals surface area contributed by atoms with Crippen LogP contribution in [-0.2, 0) is 8.40 Å². The maximum absolute atomic E-state index is 8.88. The fourth-order valence-electron chi connectivity index (χ4n) is 0. The summed E-state index contributed by atoms with van der Waals surface area (Å²) in [5.74, 6) is 0. The third kappa shape index (κ3) is 358. The zero-order valence-corrected chi connectivity index (χ0v) is 6.52. The molecule has 0 aromatic rings. The van der Waals surface area contributed by atoms with Crippen molar-refractivity contribution in [1.29, 1.82) is 0 Å². The summed E-state index contributed by atoms with van der Waals surface area (Å²) >= 11 is -3.29. The predicted octanol–water partition coefficient (Wildman–Crippen LogP) is -3.19. The van der Waals surface area contributed by atoms with Crippen LogP contribution in [0.3, 0.4) is 0 Å². The number of phosphoric acid groups is 1. The van der Waals surface area contributed by atoms with Crippen molar-refractivity contribution in [3.63, 3.8) is 0 Å². The van der Waals surface area contributed by atoms with Crippen LogP contribution in [0, 0.1) is 0 Å². The van der Waals surface area contributed by atoms with Crippen molar-refractivity contribution in [2.75, 3.05) is 0 Å². The molecule has 0 aliphatic rings. The van der Waals surface area contributed by atoms with Crippen LogP contribution in [0.15, 0.2) is 0 Å². The van der Waals surface area contributed by atoms with E-state index in [0.29, 0.717) is 0 Å². The van der Waals surface area contributed by atoms with Gasteiger partial charge in [0.2, 0.25) is 0 Å². The minimum absolute atomic E-state index is 0. The third-order valence-electron chi connectivity index (χ3n) is 0. The summed E-state index contributed by atoms with van der Waals surface area (Å²) in [5, 5.41) is 0.